The topological polar surface area (TPSA) is 122 Å². The number of piperidine rings is 1. The number of carbonyl (C=O) groups is 5. The summed E-state index contributed by atoms with van der Waals surface area (Å²) in [6.45, 7) is 3.07. The van der Waals surface area contributed by atoms with Crippen LogP contribution < -0.4 is 10.6 Å². The summed E-state index contributed by atoms with van der Waals surface area (Å²) in [7, 11) is 0. The lowest BCUT2D eigenvalue weighted by atomic mass is 10.0. The fraction of sp³-hybridized carbons (Fsp3) is 0.389. The molecule has 2 rings (SSSR count). The first-order valence-electron chi connectivity index (χ1n) is 8.51. The summed E-state index contributed by atoms with van der Waals surface area (Å²) >= 11 is 0. The van der Waals surface area contributed by atoms with Gasteiger partial charge in [-0.05, 0) is 25.0 Å². The summed E-state index contributed by atoms with van der Waals surface area (Å²) in [6, 6.07) is 5.38. The third kappa shape index (κ3) is 4.90. The van der Waals surface area contributed by atoms with E-state index in [9.17, 15) is 24.0 Å². The minimum Gasteiger partial charge on any atom is -0.450 e. The lowest BCUT2D eigenvalue weighted by Crippen LogP contribution is -2.55. The number of rotatable bonds is 5. The van der Waals surface area contributed by atoms with Gasteiger partial charge in [-0.3, -0.25) is 29.4 Å². The van der Waals surface area contributed by atoms with Crippen molar-refractivity contribution >= 4 is 29.7 Å². The van der Waals surface area contributed by atoms with Gasteiger partial charge in [-0.15, -0.1) is 0 Å². The highest BCUT2D eigenvalue weighted by Gasteiger charge is 2.37. The second-order valence-electron chi connectivity index (χ2n) is 5.89. The Morgan fingerprint density at radius 3 is 2.59 bits per heavy atom. The Balaban J connectivity index is 2.26. The Hall–Kier alpha value is -3.23. The summed E-state index contributed by atoms with van der Waals surface area (Å²) in [5, 5.41) is 4.66. The maximum atomic E-state index is 13.0. The molecule has 0 bridgehead atoms. The van der Waals surface area contributed by atoms with E-state index in [-0.39, 0.29) is 31.6 Å². The van der Waals surface area contributed by atoms with Crippen LogP contribution in [0, 0.1) is 0 Å². The van der Waals surface area contributed by atoms with Gasteiger partial charge in [-0.1, -0.05) is 18.2 Å². The number of nitrogens with one attached hydrogen (secondary N) is 2. The fourth-order valence-corrected chi connectivity index (χ4v) is 2.79. The van der Waals surface area contributed by atoms with Crippen molar-refractivity contribution in [2.75, 3.05) is 6.61 Å². The minimum absolute atomic E-state index is 0.0157. The molecule has 0 radical (unpaired) electrons. The number of nitrogens with zero attached hydrogens (tertiary/aromatic N) is 1. The van der Waals surface area contributed by atoms with Crippen LogP contribution in [0.5, 0.6) is 0 Å². The number of imide groups is 2. The Kier molecular flexibility index (Phi) is 6.64. The smallest absolute Gasteiger partial charge is 0.407 e. The molecule has 144 valence electrons. The number of carbonyl (C=O) groups excluding carboxylic acids is 5. The van der Waals surface area contributed by atoms with E-state index in [0.29, 0.717) is 5.56 Å². The highest BCUT2D eigenvalue weighted by Crippen LogP contribution is 2.19. The number of ether oxygens (including phenoxy) is 1. The van der Waals surface area contributed by atoms with Crippen molar-refractivity contribution in [2.24, 2.45) is 0 Å². The number of hydrogen-bond acceptors (Lipinski definition) is 6. The van der Waals surface area contributed by atoms with E-state index in [4.69, 9.17) is 4.74 Å². The maximum absolute atomic E-state index is 13.0. The molecule has 0 aromatic heterocycles. The molecule has 9 nitrogen and oxygen atoms in total. The number of alkyl carbamates (subject to hydrolysis) is 1. The van der Waals surface area contributed by atoms with E-state index in [0.717, 1.165) is 4.90 Å². The summed E-state index contributed by atoms with van der Waals surface area (Å²) in [5.41, 5.74) is 0.642. The molecule has 0 saturated carbocycles. The second kappa shape index (κ2) is 8.93. The number of benzene rings is 1. The molecule has 1 unspecified atom stereocenters. The summed E-state index contributed by atoms with van der Waals surface area (Å²) in [5.74, 6) is -2.40. The van der Waals surface area contributed by atoms with E-state index in [1.165, 1.54) is 13.0 Å². The zero-order valence-electron chi connectivity index (χ0n) is 15.1. The zero-order chi connectivity index (χ0) is 20.0. The van der Waals surface area contributed by atoms with Crippen LogP contribution in [0.3, 0.4) is 0 Å². The molecular formula is C18H21N3O6. The number of hydrogen-bond donors (Lipinski definition) is 2. The van der Waals surface area contributed by atoms with E-state index < -0.39 is 35.8 Å². The number of amides is 5. The van der Waals surface area contributed by atoms with Crippen LogP contribution in [0.2, 0.25) is 0 Å². The molecule has 1 aliphatic heterocycles. The van der Waals surface area contributed by atoms with Crippen molar-refractivity contribution in [3.05, 3.63) is 35.4 Å². The van der Waals surface area contributed by atoms with Crippen LogP contribution in [-0.4, -0.2) is 47.3 Å². The molecule has 5 amide bonds. The Labute approximate surface area is 156 Å². The Morgan fingerprint density at radius 1 is 1.26 bits per heavy atom. The molecule has 1 aromatic rings. The van der Waals surface area contributed by atoms with E-state index in [2.05, 4.69) is 10.6 Å². The molecule has 1 saturated heterocycles. The Bertz CT molecular complexity index is 776. The highest BCUT2D eigenvalue weighted by molar-refractivity contribution is 6.10. The first-order valence-corrected chi connectivity index (χ1v) is 8.51. The third-order valence-corrected chi connectivity index (χ3v) is 4.03. The van der Waals surface area contributed by atoms with Crippen molar-refractivity contribution < 1.29 is 28.7 Å². The molecule has 0 spiro atoms. The van der Waals surface area contributed by atoms with Gasteiger partial charge in [-0.25, -0.2) is 4.79 Å². The van der Waals surface area contributed by atoms with Crippen LogP contribution in [0.15, 0.2) is 24.3 Å². The van der Waals surface area contributed by atoms with Crippen molar-refractivity contribution in [3.63, 3.8) is 0 Å². The van der Waals surface area contributed by atoms with Crippen molar-refractivity contribution in [2.45, 2.75) is 39.3 Å². The lowest BCUT2D eigenvalue weighted by Gasteiger charge is -2.31. The SMILES string of the molecule is CCOC(=O)NCc1ccccc1C(=O)N(C(C)=O)C1CCC(=O)NC1=O. The molecule has 2 N–H and O–H groups in total. The first kappa shape index (κ1) is 20.1. The predicted molar refractivity (Wildman–Crippen MR) is 93.3 cm³/mol. The summed E-state index contributed by atoms with van der Waals surface area (Å²) in [6.07, 6.45) is -0.521. The Morgan fingerprint density at radius 2 is 1.96 bits per heavy atom. The van der Waals surface area contributed by atoms with E-state index >= 15 is 0 Å². The molecule has 1 fully saturated rings. The van der Waals surface area contributed by atoms with Gasteiger partial charge in [0.1, 0.15) is 6.04 Å². The van der Waals surface area contributed by atoms with E-state index in [1.807, 2.05) is 0 Å². The predicted octanol–water partition coefficient (Wildman–Crippen LogP) is 0.727. The fourth-order valence-electron chi connectivity index (χ4n) is 2.79. The van der Waals surface area contributed by atoms with Crippen molar-refractivity contribution in [1.82, 2.24) is 15.5 Å². The second-order valence-corrected chi connectivity index (χ2v) is 5.89. The molecular weight excluding hydrogens is 354 g/mol. The van der Waals surface area contributed by atoms with Crippen LogP contribution in [0.25, 0.3) is 0 Å². The average molecular weight is 375 g/mol. The van der Waals surface area contributed by atoms with Gasteiger partial charge in [0, 0.05) is 25.5 Å². The van der Waals surface area contributed by atoms with Crippen LogP contribution >= 0.6 is 0 Å². The lowest BCUT2D eigenvalue weighted by molar-refractivity contribution is -0.142. The molecule has 1 heterocycles. The van der Waals surface area contributed by atoms with Gasteiger partial charge in [-0.2, -0.15) is 0 Å². The van der Waals surface area contributed by atoms with Crippen LogP contribution in [0.1, 0.15) is 42.6 Å². The zero-order valence-corrected chi connectivity index (χ0v) is 15.1. The third-order valence-electron chi connectivity index (χ3n) is 4.03. The standard InChI is InChI=1S/C18H21N3O6/c1-3-27-18(26)19-10-12-6-4-5-7-13(12)17(25)21(11(2)22)14-8-9-15(23)20-16(14)24/h4-7,14H,3,8-10H2,1-2H3,(H,19,26)(H,20,23,24). The van der Waals surface area contributed by atoms with Crippen LogP contribution in [-0.2, 0) is 25.7 Å². The molecule has 0 aliphatic carbocycles. The molecule has 27 heavy (non-hydrogen) atoms. The van der Waals surface area contributed by atoms with Gasteiger partial charge < -0.3 is 10.1 Å². The van der Waals surface area contributed by atoms with Crippen molar-refractivity contribution in [3.8, 4) is 0 Å². The van der Waals surface area contributed by atoms with Gasteiger partial charge in [0.15, 0.2) is 0 Å². The molecule has 1 atom stereocenters. The van der Waals surface area contributed by atoms with Crippen LogP contribution in [0.4, 0.5) is 4.79 Å². The molecule has 1 aromatic carbocycles. The quantitative estimate of drug-likeness (QED) is 0.732. The van der Waals surface area contributed by atoms with Gasteiger partial charge in [0.25, 0.3) is 5.91 Å². The van der Waals surface area contributed by atoms with Crippen molar-refractivity contribution in [1.29, 1.82) is 0 Å². The summed E-state index contributed by atoms with van der Waals surface area (Å²) < 4.78 is 4.78. The van der Waals surface area contributed by atoms with E-state index in [1.54, 1.807) is 25.1 Å². The largest absolute Gasteiger partial charge is 0.450 e. The monoisotopic (exact) mass is 375 g/mol. The average Bonchev–Trinajstić information content (AvgIpc) is 2.62. The first-order chi connectivity index (χ1) is 12.8. The minimum atomic E-state index is -1.06. The van der Waals surface area contributed by atoms with Gasteiger partial charge in [0.05, 0.1) is 6.61 Å². The molecule has 9 heteroatoms. The highest BCUT2D eigenvalue weighted by atomic mass is 16.5. The van der Waals surface area contributed by atoms with Gasteiger partial charge >= 0.3 is 6.09 Å². The normalized spacial score (nSPS) is 16.3. The molecule has 1 aliphatic rings. The maximum Gasteiger partial charge on any atom is 0.407 e. The summed E-state index contributed by atoms with van der Waals surface area (Å²) in [4.78, 5) is 60.9. The van der Waals surface area contributed by atoms with Gasteiger partial charge in [0.2, 0.25) is 17.7 Å².